The zero-order chi connectivity index (χ0) is 25.2. The van der Waals surface area contributed by atoms with Crippen molar-refractivity contribution in [1.29, 1.82) is 0 Å². The first-order valence-electron chi connectivity index (χ1n) is 10.2. The van der Waals surface area contributed by atoms with Crippen molar-refractivity contribution in [3.8, 4) is 0 Å². The van der Waals surface area contributed by atoms with E-state index in [4.69, 9.17) is 4.74 Å². The Bertz CT molecular complexity index is 1590. The number of benzene rings is 3. The lowest BCUT2D eigenvalue weighted by Gasteiger charge is -2.13. The smallest absolute Gasteiger partial charge is 0.339 e. The summed E-state index contributed by atoms with van der Waals surface area (Å²) in [6, 6.07) is 17.6. The number of rotatable bonds is 7. The number of carbonyl (C=O) groups is 2. The zero-order valence-corrected chi connectivity index (χ0v) is 20.3. The van der Waals surface area contributed by atoms with Crippen molar-refractivity contribution in [2.75, 3.05) is 18.9 Å². The van der Waals surface area contributed by atoms with Crippen molar-refractivity contribution in [2.45, 2.75) is 11.4 Å². The SMILES string of the molecule is COC(=O)c1ccc(C(=O)OC)c(NS(=O)(=O)c2ccc3c(c2)sc(=O)n3Cc2ccccc2)c1. The molecule has 0 atom stereocenters. The number of thiazole rings is 1. The molecule has 0 spiro atoms. The fourth-order valence-electron chi connectivity index (χ4n) is 3.49. The van der Waals surface area contributed by atoms with Crippen molar-refractivity contribution < 1.29 is 27.5 Å². The van der Waals surface area contributed by atoms with Crippen LogP contribution in [0.1, 0.15) is 26.3 Å². The van der Waals surface area contributed by atoms with Crippen LogP contribution in [0.2, 0.25) is 0 Å². The molecule has 4 aromatic rings. The van der Waals surface area contributed by atoms with Gasteiger partial charge in [0.25, 0.3) is 10.0 Å². The third kappa shape index (κ3) is 4.96. The van der Waals surface area contributed by atoms with Gasteiger partial charge in [-0.1, -0.05) is 41.7 Å². The van der Waals surface area contributed by atoms with Gasteiger partial charge in [-0.25, -0.2) is 18.0 Å². The van der Waals surface area contributed by atoms with Crippen molar-refractivity contribution in [3.63, 3.8) is 0 Å². The second-order valence-electron chi connectivity index (χ2n) is 7.42. The highest BCUT2D eigenvalue weighted by molar-refractivity contribution is 7.92. The number of nitrogens with zero attached hydrogens (tertiary/aromatic N) is 1. The van der Waals surface area contributed by atoms with Crippen LogP contribution in [0.5, 0.6) is 0 Å². The second-order valence-corrected chi connectivity index (χ2v) is 10.1. The van der Waals surface area contributed by atoms with E-state index >= 15 is 0 Å². The summed E-state index contributed by atoms with van der Waals surface area (Å²) >= 11 is 0.935. The van der Waals surface area contributed by atoms with Crippen molar-refractivity contribution >= 4 is 49.2 Å². The quantitative estimate of drug-likeness (QED) is 0.376. The fraction of sp³-hybridized carbons (Fsp3) is 0.125. The van der Waals surface area contributed by atoms with Gasteiger partial charge in [0.05, 0.1) is 52.7 Å². The Labute approximate surface area is 204 Å². The Balaban J connectivity index is 1.72. The number of ether oxygens (including phenoxy) is 2. The molecule has 0 saturated heterocycles. The Kier molecular flexibility index (Phi) is 6.72. The molecule has 11 heteroatoms. The number of aromatic nitrogens is 1. The average molecular weight is 513 g/mol. The predicted octanol–water partition coefficient (Wildman–Crippen LogP) is 3.49. The topological polar surface area (TPSA) is 121 Å². The maximum Gasteiger partial charge on any atom is 0.339 e. The molecule has 35 heavy (non-hydrogen) atoms. The van der Waals surface area contributed by atoms with Crippen LogP contribution in [0.3, 0.4) is 0 Å². The molecule has 0 aliphatic carbocycles. The molecule has 3 aromatic carbocycles. The normalized spacial score (nSPS) is 11.3. The van der Waals surface area contributed by atoms with Gasteiger partial charge in [0.1, 0.15) is 0 Å². The van der Waals surface area contributed by atoms with E-state index < -0.39 is 22.0 Å². The number of hydrogen-bond donors (Lipinski definition) is 1. The van der Waals surface area contributed by atoms with E-state index in [0.717, 1.165) is 24.0 Å². The molecule has 1 heterocycles. The molecule has 0 unspecified atom stereocenters. The molecule has 0 aliphatic heterocycles. The van der Waals surface area contributed by atoms with Gasteiger partial charge in [-0.2, -0.15) is 0 Å². The van der Waals surface area contributed by atoms with Crippen LogP contribution in [-0.4, -0.2) is 39.1 Å². The Hall–Kier alpha value is -3.96. The number of methoxy groups -OCH3 is 2. The Morgan fingerprint density at radius 2 is 1.66 bits per heavy atom. The second kappa shape index (κ2) is 9.72. The van der Waals surface area contributed by atoms with E-state index in [1.54, 1.807) is 10.6 Å². The van der Waals surface area contributed by atoms with Crippen LogP contribution in [0.25, 0.3) is 10.2 Å². The van der Waals surface area contributed by atoms with Crippen molar-refractivity contribution in [2.24, 2.45) is 0 Å². The minimum absolute atomic E-state index is 0.0458. The number of anilines is 1. The maximum absolute atomic E-state index is 13.2. The molecule has 0 amide bonds. The van der Waals surface area contributed by atoms with Crippen LogP contribution in [-0.2, 0) is 26.0 Å². The first-order valence-corrected chi connectivity index (χ1v) is 12.5. The van der Waals surface area contributed by atoms with E-state index in [1.807, 2.05) is 30.3 Å². The van der Waals surface area contributed by atoms with Gasteiger partial charge in [0.2, 0.25) is 0 Å². The largest absolute Gasteiger partial charge is 0.465 e. The summed E-state index contributed by atoms with van der Waals surface area (Å²) in [5, 5.41) is 0. The molecule has 1 N–H and O–H groups in total. The molecule has 9 nitrogen and oxygen atoms in total. The monoisotopic (exact) mass is 512 g/mol. The highest BCUT2D eigenvalue weighted by atomic mass is 32.2. The molecule has 4 rings (SSSR count). The first-order chi connectivity index (χ1) is 16.7. The number of carbonyl (C=O) groups excluding carboxylic acids is 2. The minimum Gasteiger partial charge on any atom is -0.465 e. The highest BCUT2D eigenvalue weighted by Crippen LogP contribution is 2.26. The van der Waals surface area contributed by atoms with Gasteiger partial charge in [-0.15, -0.1) is 0 Å². The molecular formula is C24H20N2O7S2. The van der Waals surface area contributed by atoms with Gasteiger partial charge in [-0.05, 0) is 42.0 Å². The third-order valence-electron chi connectivity index (χ3n) is 5.22. The van der Waals surface area contributed by atoms with Gasteiger partial charge in [-0.3, -0.25) is 14.1 Å². The van der Waals surface area contributed by atoms with Crippen LogP contribution >= 0.6 is 11.3 Å². The summed E-state index contributed by atoms with van der Waals surface area (Å²) in [5.74, 6) is -1.49. The third-order valence-corrected chi connectivity index (χ3v) is 7.53. The standard InChI is InChI=1S/C24H20N2O7S2/c1-32-22(27)16-8-10-18(23(28)33-2)19(12-16)25-35(30,31)17-9-11-20-21(13-17)34-24(29)26(20)14-15-6-4-3-5-7-15/h3-13,25H,14H2,1-2H3. The van der Waals surface area contributed by atoms with E-state index in [1.165, 1.54) is 37.4 Å². The predicted molar refractivity (Wildman–Crippen MR) is 132 cm³/mol. The summed E-state index contributed by atoms with van der Waals surface area (Å²) < 4.78 is 40.2. The first kappa shape index (κ1) is 24.2. The number of sulfonamides is 1. The van der Waals surface area contributed by atoms with Crippen molar-refractivity contribution in [3.05, 3.63) is 93.1 Å². The number of nitrogens with one attached hydrogen (secondary N) is 1. The van der Waals surface area contributed by atoms with E-state index in [0.29, 0.717) is 16.8 Å². The van der Waals surface area contributed by atoms with Crippen molar-refractivity contribution in [1.82, 2.24) is 4.57 Å². The summed E-state index contributed by atoms with van der Waals surface area (Å²) in [5.41, 5.74) is 1.36. The van der Waals surface area contributed by atoms with Gasteiger partial charge < -0.3 is 9.47 Å². The molecule has 0 saturated carbocycles. The molecule has 1 aromatic heterocycles. The lowest BCUT2D eigenvalue weighted by Crippen LogP contribution is -2.17. The minimum atomic E-state index is -4.20. The number of hydrogen-bond acceptors (Lipinski definition) is 8. The maximum atomic E-state index is 13.2. The summed E-state index contributed by atoms with van der Waals surface area (Å²) in [7, 11) is -1.85. The molecule has 0 bridgehead atoms. The average Bonchev–Trinajstić information content (AvgIpc) is 3.17. The summed E-state index contributed by atoms with van der Waals surface area (Å²) in [6.45, 7) is 0.354. The fourth-order valence-corrected chi connectivity index (χ4v) is 5.60. The van der Waals surface area contributed by atoms with Gasteiger partial charge in [0.15, 0.2) is 0 Å². The van der Waals surface area contributed by atoms with Crippen LogP contribution in [0.15, 0.2) is 76.4 Å². The molecule has 0 fully saturated rings. The summed E-state index contributed by atoms with van der Waals surface area (Å²) in [4.78, 5) is 36.3. The zero-order valence-electron chi connectivity index (χ0n) is 18.7. The Morgan fingerprint density at radius 1 is 0.943 bits per heavy atom. The molecule has 0 radical (unpaired) electrons. The Morgan fingerprint density at radius 3 is 2.34 bits per heavy atom. The van der Waals surface area contributed by atoms with Crippen LogP contribution < -0.4 is 9.60 Å². The lowest BCUT2D eigenvalue weighted by molar-refractivity contribution is 0.0587. The highest BCUT2D eigenvalue weighted by Gasteiger charge is 2.22. The molecular weight excluding hydrogens is 492 g/mol. The molecule has 0 aliphatic rings. The molecule has 180 valence electrons. The lowest BCUT2D eigenvalue weighted by atomic mass is 10.1. The van der Waals surface area contributed by atoms with E-state index in [9.17, 15) is 22.8 Å². The summed E-state index contributed by atoms with van der Waals surface area (Å²) in [6.07, 6.45) is 0. The van der Waals surface area contributed by atoms with Crippen LogP contribution in [0, 0.1) is 0 Å². The van der Waals surface area contributed by atoms with Crippen LogP contribution in [0.4, 0.5) is 5.69 Å². The van der Waals surface area contributed by atoms with E-state index in [2.05, 4.69) is 9.46 Å². The van der Waals surface area contributed by atoms with Gasteiger partial charge >= 0.3 is 16.8 Å². The van der Waals surface area contributed by atoms with E-state index in [-0.39, 0.29) is 26.6 Å². The number of fused-ring (bicyclic) bond motifs is 1. The number of esters is 2. The van der Waals surface area contributed by atoms with Gasteiger partial charge in [0, 0.05) is 0 Å².